The van der Waals surface area contributed by atoms with Crippen molar-refractivity contribution in [3.8, 4) is 5.75 Å². The van der Waals surface area contributed by atoms with Crippen molar-refractivity contribution in [1.29, 1.82) is 0 Å². The summed E-state index contributed by atoms with van der Waals surface area (Å²) in [5, 5.41) is 3.23. The van der Waals surface area contributed by atoms with Gasteiger partial charge >= 0.3 is 0 Å². The van der Waals surface area contributed by atoms with Crippen molar-refractivity contribution >= 4 is 0 Å². The number of ether oxygens (including phenoxy) is 1. The first-order chi connectivity index (χ1) is 10.2. The maximum absolute atomic E-state index is 13.5. The van der Waals surface area contributed by atoms with Crippen molar-refractivity contribution in [3.05, 3.63) is 65.5 Å². The fourth-order valence-corrected chi connectivity index (χ4v) is 2.06. The topological polar surface area (TPSA) is 21.3 Å². The van der Waals surface area contributed by atoms with E-state index >= 15 is 0 Å². The molecule has 0 aromatic heterocycles. The van der Waals surface area contributed by atoms with Crippen molar-refractivity contribution < 1.29 is 9.13 Å². The van der Waals surface area contributed by atoms with Gasteiger partial charge in [-0.15, -0.1) is 0 Å². The SMILES string of the molecule is CNC(C)CCc1ccc(OCc2ccccc2F)cc1. The number of nitrogens with one attached hydrogen (secondary N) is 1. The van der Waals surface area contributed by atoms with E-state index in [1.807, 2.05) is 25.2 Å². The van der Waals surface area contributed by atoms with Gasteiger partial charge in [0.25, 0.3) is 0 Å². The molecule has 0 bridgehead atoms. The third-order valence-corrected chi connectivity index (χ3v) is 3.63. The molecule has 0 radical (unpaired) electrons. The van der Waals surface area contributed by atoms with Crippen LogP contribution in [0.1, 0.15) is 24.5 Å². The van der Waals surface area contributed by atoms with Gasteiger partial charge in [-0.3, -0.25) is 0 Å². The van der Waals surface area contributed by atoms with E-state index in [4.69, 9.17) is 4.74 Å². The number of aryl methyl sites for hydroxylation is 1. The first-order valence-corrected chi connectivity index (χ1v) is 7.31. The van der Waals surface area contributed by atoms with Crippen molar-refractivity contribution in [3.63, 3.8) is 0 Å². The third-order valence-electron chi connectivity index (χ3n) is 3.63. The van der Waals surface area contributed by atoms with Gasteiger partial charge in [-0.1, -0.05) is 30.3 Å². The highest BCUT2D eigenvalue weighted by Crippen LogP contribution is 2.16. The molecule has 0 aliphatic rings. The Bertz CT molecular complexity index is 553. The molecular weight excluding hydrogens is 265 g/mol. The van der Waals surface area contributed by atoms with Gasteiger partial charge < -0.3 is 10.1 Å². The predicted molar refractivity (Wildman–Crippen MR) is 84.0 cm³/mol. The Hall–Kier alpha value is -1.87. The molecule has 0 fully saturated rings. The molecule has 112 valence electrons. The summed E-state index contributed by atoms with van der Waals surface area (Å²) in [4.78, 5) is 0. The number of hydrogen-bond acceptors (Lipinski definition) is 2. The third kappa shape index (κ3) is 4.87. The van der Waals surface area contributed by atoms with Crippen LogP contribution in [-0.2, 0) is 13.0 Å². The van der Waals surface area contributed by atoms with Crippen LogP contribution in [0.15, 0.2) is 48.5 Å². The Labute approximate surface area is 126 Å². The van der Waals surface area contributed by atoms with Crippen molar-refractivity contribution in [2.24, 2.45) is 0 Å². The van der Waals surface area contributed by atoms with E-state index < -0.39 is 0 Å². The number of rotatable bonds is 7. The Kier molecular flexibility index (Phi) is 5.76. The molecule has 0 heterocycles. The lowest BCUT2D eigenvalue weighted by Gasteiger charge is -2.10. The van der Waals surface area contributed by atoms with Crippen LogP contribution in [0.5, 0.6) is 5.75 Å². The summed E-state index contributed by atoms with van der Waals surface area (Å²) in [7, 11) is 1.98. The monoisotopic (exact) mass is 287 g/mol. The van der Waals surface area contributed by atoms with E-state index in [1.165, 1.54) is 11.6 Å². The normalized spacial score (nSPS) is 12.1. The van der Waals surface area contributed by atoms with E-state index in [2.05, 4.69) is 24.4 Å². The largest absolute Gasteiger partial charge is 0.489 e. The molecule has 0 amide bonds. The summed E-state index contributed by atoms with van der Waals surface area (Å²) >= 11 is 0. The number of benzene rings is 2. The summed E-state index contributed by atoms with van der Waals surface area (Å²) in [5.41, 5.74) is 1.86. The van der Waals surface area contributed by atoms with Crippen LogP contribution in [0.2, 0.25) is 0 Å². The first-order valence-electron chi connectivity index (χ1n) is 7.31. The molecule has 1 N–H and O–H groups in total. The molecule has 2 aromatic rings. The van der Waals surface area contributed by atoms with Crippen LogP contribution >= 0.6 is 0 Å². The number of hydrogen-bond donors (Lipinski definition) is 1. The van der Waals surface area contributed by atoms with Gasteiger partial charge in [0.2, 0.25) is 0 Å². The summed E-state index contributed by atoms with van der Waals surface area (Å²) in [6, 6.07) is 15.2. The zero-order valence-electron chi connectivity index (χ0n) is 12.6. The Balaban J connectivity index is 1.86. The molecule has 0 saturated heterocycles. The minimum absolute atomic E-state index is 0.227. The van der Waals surface area contributed by atoms with Crippen LogP contribution in [0, 0.1) is 5.82 Å². The molecule has 1 unspecified atom stereocenters. The van der Waals surface area contributed by atoms with E-state index in [1.54, 1.807) is 12.1 Å². The van der Waals surface area contributed by atoms with Crippen molar-refractivity contribution in [1.82, 2.24) is 5.32 Å². The van der Waals surface area contributed by atoms with Crippen molar-refractivity contribution in [2.45, 2.75) is 32.4 Å². The second kappa shape index (κ2) is 7.79. The molecular formula is C18H22FNO. The van der Waals surface area contributed by atoms with E-state index in [-0.39, 0.29) is 12.4 Å². The smallest absolute Gasteiger partial charge is 0.129 e. The molecule has 0 spiro atoms. The molecule has 1 atom stereocenters. The Morgan fingerprint density at radius 1 is 1.10 bits per heavy atom. The van der Waals surface area contributed by atoms with E-state index in [0.29, 0.717) is 11.6 Å². The molecule has 21 heavy (non-hydrogen) atoms. The molecule has 2 aromatic carbocycles. The summed E-state index contributed by atoms with van der Waals surface area (Å²) in [5.74, 6) is 0.541. The van der Waals surface area contributed by atoms with Crippen LogP contribution in [-0.4, -0.2) is 13.1 Å². The minimum Gasteiger partial charge on any atom is -0.489 e. The zero-order valence-corrected chi connectivity index (χ0v) is 12.6. The van der Waals surface area contributed by atoms with Gasteiger partial charge in [0.15, 0.2) is 0 Å². The Morgan fingerprint density at radius 2 is 1.81 bits per heavy atom. The Morgan fingerprint density at radius 3 is 2.48 bits per heavy atom. The van der Waals surface area contributed by atoms with Gasteiger partial charge in [-0.2, -0.15) is 0 Å². The molecule has 2 rings (SSSR count). The molecule has 3 heteroatoms. The second-order valence-electron chi connectivity index (χ2n) is 5.25. The molecule has 2 nitrogen and oxygen atoms in total. The van der Waals surface area contributed by atoms with E-state index in [9.17, 15) is 4.39 Å². The van der Waals surface area contributed by atoms with Crippen LogP contribution in [0.25, 0.3) is 0 Å². The van der Waals surface area contributed by atoms with Gasteiger partial charge in [0.05, 0.1) is 0 Å². The summed E-state index contributed by atoms with van der Waals surface area (Å²) in [6.45, 7) is 2.43. The van der Waals surface area contributed by atoms with E-state index in [0.717, 1.165) is 18.6 Å². The maximum atomic E-state index is 13.5. The highest BCUT2D eigenvalue weighted by Gasteiger charge is 2.03. The standard InChI is InChI=1S/C18H22FNO/c1-14(20-2)7-8-15-9-11-17(12-10-15)21-13-16-5-3-4-6-18(16)19/h3-6,9-12,14,20H,7-8,13H2,1-2H3. The summed E-state index contributed by atoms with van der Waals surface area (Å²) in [6.07, 6.45) is 2.14. The van der Waals surface area contributed by atoms with Crippen molar-refractivity contribution in [2.75, 3.05) is 7.05 Å². The summed E-state index contributed by atoms with van der Waals surface area (Å²) < 4.78 is 19.1. The fraction of sp³-hybridized carbons (Fsp3) is 0.333. The number of halogens is 1. The van der Waals surface area contributed by atoms with Gasteiger partial charge in [0.1, 0.15) is 18.2 Å². The molecule has 0 saturated carbocycles. The lowest BCUT2D eigenvalue weighted by atomic mass is 10.1. The maximum Gasteiger partial charge on any atom is 0.129 e. The van der Waals surface area contributed by atoms with Gasteiger partial charge in [-0.25, -0.2) is 4.39 Å². The zero-order chi connectivity index (χ0) is 15.1. The lowest BCUT2D eigenvalue weighted by Crippen LogP contribution is -2.21. The highest BCUT2D eigenvalue weighted by atomic mass is 19.1. The second-order valence-corrected chi connectivity index (χ2v) is 5.25. The quantitative estimate of drug-likeness (QED) is 0.832. The first kappa shape index (κ1) is 15.5. The highest BCUT2D eigenvalue weighted by molar-refractivity contribution is 5.28. The van der Waals surface area contributed by atoms with Crippen LogP contribution < -0.4 is 10.1 Å². The molecule has 0 aliphatic heterocycles. The molecule has 0 aliphatic carbocycles. The van der Waals surface area contributed by atoms with Crippen LogP contribution in [0.3, 0.4) is 0 Å². The van der Waals surface area contributed by atoms with Gasteiger partial charge in [0, 0.05) is 11.6 Å². The average molecular weight is 287 g/mol. The lowest BCUT2D eigenvalue weighted by molar-refractivity contribution is 0.300. The van der Waals surface area contributed by atoms with Crippen LogP contribution in [0.4, 0.5) is 4.39 Å². The minimum atomic E-state index is -0.227. The predicted octanol–water partition coefficient (Wildman–Crippen LogP) is 3.95. The van der Waals surface area contributed by atoms with Gasteiger partial charge in [-0.05, 0) is 50.6 Å². The fourth-order valence-electron chi connectivity index (χ4n) is 2.06. The average Bonchev–Trinajstić information content (AvgIpc) is 2.53.